The lowest BCUT2D eigenvalue weighted by atomic mass is 9.86. The van der Waals surface area contributed by atoms with Crippen molar-refractivity contribution in [3.63, 3.8) is 0 Å². The Kier molecular flexibility index (Phi) is 4.93. The number of carbonyl (C=O) groups is 1. The highest BCUT2D eigenvalue weighted by Gasteiger charge is 2.38. The van der Waals surface area contributed by atoms with Gasteiger partial charge in [0.05, 0.1) is 11.3 Å². The average Bonchev–Trinajstić information content (AvgIpc) is 3.47. The summed E-state index contributed by atoms with van der Waals surface area (Å²) in [7, 11) is 0. The van der Waals surface area contributed by atoms with Crippen molar-refractivity contribution in [2.45, 2.75) is 62.6 Å². The molecule has 2 saturated carbocycles. The average molecular weight is 356 g/mol. The van der Waals surface area contributed by atoms with E-state index < -0.39 is 0 Å². The van der Waals surface area contributed by atoms with E-state index in [-0.39, 0.29) is 5.91 Å². The van der Waals surface area contributed by atoms with Crippen LogP contribution in [0.3, 0.4) is 0 Å². The fourth-order valence-corrected chi connectivity index (χ4v) is 4.74. The Hall–Kier alpha value is -1.62. The Morgan fingerprint density at radius 3 is 2.48 bits per heavy atom. The molecule has 1 aromatic carbocycles. The number of benzene rings is 1. The van der Waals surface area contributed by atoms with Crippen molar-refractivity contribution >= 4 is 28.6 Å². The Balaban J connectivity index is 1.45. The van der Waals surface area contributed by atoms with Gasteiger partial charge in [-0.1, -0.05) is 36.9 Å². The van der Waals surface area contributed by atoms with Gasteiger partial charge in [-0.2, -0.15) is 0 Å². The second-order valence-corrected chi connectivity index (χ2v) is 8.39. The van der Waals surface area contributed by atoms with Gasteiger partial charge >= 0.3 is 0 Å². The van der Waals surface area contributed by atoms with Crippen molar-refractivity contribution in [1.29, 1.82) is 0 Å². The summed E-state index contributed by atoms with van der Waals surface area (Å²) < 4.78 is 0. The van der Waals surface area contributed by atoms with Crippen LogP contribution in [0.15, 0.2) is 35.6 Å². The number of aromatic nitrogens is 2. The van der Waals surface area contributed by atoms with Gasteiger partial charge in [-0.3, -0.25) is 4.79 Å². The summed E-state index contributed by atoms with van der Waals surface area (Å²) in [5.41, 5.74) is 0.938. The monoisotopic (exact) mass is 355 g/mol. The Morgan fingerprint density at radius 2 is 1.76 bits per heavy atom. The minimum absolute atomic E-state index is 0.287. The topological polar surface area (TPSA) is 46.1 Å². The second-order valence-electron chi connectivity index (χ2n) is 7.43. The van der Waals surface area contributed by atoms with Crippen LogP contribution in [-0.2, 0) is 4.79 Å². The highest BCUT2D eigenvalue weighted by Crippen LogP contribution is 2.36. The van der Waals surface area contributed by atoms with E-state index in [1.54, 1.807) is 18.1 Å². The molecule has 0 radical (unpaired) electrons. The number of amides is 1. The number of hydrogen-bond acceptors (Lipinski definition) is 4. The van der Waals surface area contributed by atoms with Crippen LogP contribution in [0.5, 0.6) is 0 Å². The largest absolute Gasteiger partial charge is 0.336 e. The SMILES string of the molecule is CC1CCC(N(C(=O)CSc2ncnc3ccccc23)C2CC2)CC1. The van der Waals surface area contributed by atoms with Gasteiger partial charge in [-0.15, -0.1) is 0 Å². The molecule has 2 aliphatic rings. The lowest BCUT2D eigenvalue weighted by Crippen LogP contribution is -2.44. The van der Waals surface area contributed by atoms with E-state index in [1.165, 1.54) is 38.5 Å². The molecule has 2 aliphatic carbocycles. The smallest absolute Gasteiger partial charge is 0.233 e. The van der Waals surface area contributed by atoms with Crippen LogP contribution in [-0.4, -0.2) is 38.6 Å². The maximum atomic E-state index is 13.0. The molecule has 4 nitrogen and oxygen atoms in total. The first-order valence-corrected chi connectivity index (χ1v) is 10.3. The third kappa shape index (κ3) is 3.81. The van der Waals surface area contributed by atoms with Gasteiger partial charge in [0.1, 0.15) is 11.4 Å². The van der Waals surface area contributed by atoms with Gasteiger partial charge in [-0.05, 0) is 50.5 Å². The zero-order valence-electron chi connectivity index (χ0n) is 14.7. The van der Waals surface area contributed by atoms with Crippen LogP contribution < -0.4 is 0 Å². The van der Waals surface area contributed by atoms with Gasteiger partial charge in [0.2, 0.25) is 5.91 Å². The Labute approximate surface area is 153 Å². The summed E-state index contributed by atoms with van der Waals surface area (Å²) in [6.45, 7) is 2.33. The van der Waals surface area contributed by atoms with Gasteiger partial charge < -0.3 is 4.90 Å². The van der Waals surface area contributed by atoms with Gasteiger partial charge in [0.15, 0.2) is 0 Å². The van der Waals surface area contributed by atoms with E-state index in [0.29, 0.717) is 17.8 Å². The van der Waals surface area contributed by atoms with Crippen molar-refractivity contribution in [2.24, 2.45) is 5.92 Å². The molecular formula is C20H25N3OS. The van der Waals surface area contributed by atoms with Crippen LogP contribution in [0.2, 0.25) is 0 Å². The number of carbonyl (C=O) groups excluding carboxylic acids is 1. The van der Waals surface area contributed by atoms with E-state index in [1.807, 2.05) is 24.3 Å². The quantitative estimate of drug-likeness (QED) is 0.593. The minimum Gasteiger partial charge on any atom is -0.336 e. The number of hydrogen-bond donors (Lipinski definition) is 0. The molecule has 5 heteroatoms. The molecule has 2 aromatic rings. The number of thioether (sulfide) groups is 1. The molecule has 132 valence electrons. The molecule has 0 spiro atoms. The van der Waals surface area contributed by atoms with E-state index in [9.17, 15) is 4.79 Å². The highest BCUT2D eigenvalue weighted by molar-refractivity contribution is 8.00. The number of fused-ring (bicyclic) bond motifs is 1. The van der Waals surface area contributed by atoms with E-state index in [0.717, 1.165) is 21.8 Å². The molecule has 0 saturated heterocycles. The molecule has 25 heavy (non-hydrogen) atoms. The predicted octanol–water partition coefficient (Wildman–Crippen LogP) is 4.29. The number of nitrogens with zero attached hydrogens (tertiary/aromatic N) is 3. The molecule has 2 fully saturated rings. The van der Waals surface area contributed by atoms with Crippen molar-refractivity contribution in [2.75, 3.05) is 5.75 Å². The van der Waals surface area contributed by atoms with Crippen LogP contribution in [0.25, 0.3) is 10.9 Å². The van der Waals surface area contributed by atoms with E-state index >= 15 is 0 Å². The minimum atomic E-state index is 0.287. The number of para-hydroxylation sites is 1. The fraction of sp³-hybridized carbons (Fsp3) is 0.550. The Bertz CT molecular complexity index is 748. The molecule has 0 N–H and O–H groups in total. The van der Waals surface area contributed by atoms with Crippen molar-refractivity contribution < 1.29 is 4.79 Å². The zero-order valence-corrected chi connectivity index (χ0v) is 15.5. The predicted molar refractivity (Wildman–Crippen MR) is 102 cm³/mol. The molecule has 0 aliphatic heterocycles. The first-order chi connectivity index (χ1) is 12.2. The summed E-state index contributed by atoms with van der Waals surface area (Å²) in [6.07, 6.45) is 8.80. The summed E-state index contributed by atoms with van der Waals surface area (Å²) in [4.78, 5) is 23.9. The van der Waals surface area contributed by atoms with Crippen LogP contribution in [0.4, 0.5) is 0 Å². The molecular weight excluding hydrogens is 330 g/mol. The summed E-state index contributed by atoms with van der Waals surface area (Å²) in [5, 5.41) is 1.94. The molecule has 1 heterocycles. The Morgan fingerprint density at radius 1 is 1.08 bits per heavy atom. The van der Waals surface area contributed by atoms with Crippen molar-refractivity contribution in [3.05, 3.63) is 30.6 Å². The van der Waals surface area contributed by atoms with Crippen molar-refractivity contribution in [3.8, 4) is 0 Å². The van der Waals surface area contributed by atoms with Gasteiger partial charge in [0.25, 0.3) is 0 Å². The first-order valence-electron chi connectivity index (χ1n) is 9.36. The summed E-state index contributed by atoms with van der Waals surface area (Å²) >= 11 is 1.55. The maximum Gasteiger partial charge on any atom is 0.233 e. The van der Waals surface area contributed by atoms with Crippen molar-refractivity contribution in [1.82, 2.24) is 14.9 Å². The second kappa shape index (κ2) is 7.32. The molecule has 0 bridgehead atoms. The molecule has 0 unspecified atom stereocenters. The van der Waals surface area contributed by atoms with Crippen LogP contribution >= 0.6 is 11.8 Å². The molecule has 1 aromatic heterocycles. The van der Waals surface area contributed by atoms with Gasteiger partial charge in [-0.25, -0.2) is 9.97 Å². The zero-order chi connectivity index (χ0) is 17.2. The van der Waals surface area contributed by atoms with E-state index in [2.05, 4.69) is 21.8 Å². The lowest BCUT2D eigenvalue weighted by Gasteiger charge is -2.36. The summed E-state index contributed by atoms with van der Waals surface area (Å²) in [6, 6.07) is 8.95. The third-order valence-corrected chi connectivity index (χ3v) is 6.44. The van der Waals surface area contributed by atoms with Gasteiger partial charge in [0, 0.05) is 17.5 Å². The molecule has 1 amide bonds. The lowest BCUT2D eigenvalue weighted by molar-refractivity contribution is -0.132. The molecule has 4 rings (SSSR count). The van der Waals surface area contributed by atoms with Crippen LogP contribution in [0, 0.1) is 5.92 Å². The fourth-order valence-electron chi connectivity index (χ4n) is 3.88. The third-order valence-electron chi connectivity index (χ3n) is 5.45. The summed E-state index contributed by atoms with van der Waals surface area (Å²) in [5.74, 6) is 1.58. The normalized spacial score (nSPS) is 23.6. The highest BCUT2D eigenvalue weighted by atomic mass is 32.2. The maximum absolute atomic E-state index is 13.0. The van der Waals surface area contributed by atoms with E-state index in [4.69, 9.17) is 0 Å². The number of rotatable bonds is 5. The van der Waals surface area contributed by atoms with Crippen LogP contribution in [0.1, 0.15) is 45.4 Å². The molecule has 0 atom stereocenters. The standard InChI is InChI=1S/C20H25N3OS/c1-14-6-8-15(9-7-14)23(16-10-11-16)19(24)12-25-20-17-4-2-3-5-18(17)21-13-22-20/h2-5,13-16H,6-12H2,1H3. The first kappa shape index (κ1) is 16.8.